The minimum atomic E-state index is -4.29. The molecule has 0 spiro atoms. The molecular formula is C17H15F3N2. The molecule has 0 amide bonds. The SMILES string of the molecule is FC(F)(F)C1=CC(c2ccccn2)N(Cc2ccccc2)C1. The highest BCUT2D eigenvalue weighted by atomic mass is 19.4. The molecule has 1 aliphatic rings. The van der Waals surface area contributed by atoms with E-state index in [4.69, 9.17) is 0 Å². The smallest absolute Gasteiger partial charge is 0.283 e. The van der Waals surface area contributed by atoms with Crippen LogP contribution in [0.25, 0.3) is 0 Å². The molecule has 2 aromatic rings. The van der Waals surface area contributed by atoms with Crippen LogP contribution in [0.1, 0.15) is 17.3 Å². The van der Waals surface area contributed by atoms with Gasteiger partial charge in [-0.2, -0.15) is 13.2 Å². The lowest BCUT2D eigenvalue weighted by Gasteiger charge is -2.24. The third kappa shape index (κ3) is 3.20. The van der Waals surface area contributed by atoms with Crippen LogP contribution in [0.5, 0.6) is 0 Å². The van der Waals surface area contributed by atoms with E-state index in [0.717, 1.165) is 5.56 Å². The largest absolute Gasteiger partial charge is 0.413 e. The lowest BCUT2D eigenvalue weighted by atomic mass is 10.1. The van der Waals surface area contributed by atoms with Gasteiger partial charge in [-0.05, 0) is 17.7 Å². The van der Waals surface area contributed by atoms with Crippen LogP contribution in [-0.2, 0) is 6.54 Å². The van der Waals surface area contributed by atoms with Crippen molar-refractivity contribution >= 4 is 0 Å². The van der Waals surface area contributed by atoms with Crippen molar-refractivity contribution < 1.29 is 13.2 Å². The molecule has 1 aromatic heterocycles. The van der Waals surface area contributed by atoms with Crippen LogP contribution in [0, 0.1) is 0 Å². The fourth-order valence-corrected chi connectivity index (χ4v) is 2.65. The molecule has 0 bridgehead atoms. The molecule has 0 saturated heterocycles. The Hall–Kier alpha value is -2.14. The number of halogens is 3. The van der Waals surface area contributed by atoms with Gasteiger partial charge < -0.3 is 0 Å². The maximum Gasteiger partial charge on any atom is 0.413 e. The number of rotatable bonds is 3. The Morgan fingerprint density at radius 1 is 1.05 bits per heavy atom. The van der Waals surface area contributed by atoms with Gasteiger partial charge in [0, 0.05) is 24.9 Å². The molecule has 2 nitrogen and oxygen atoms in total. The summed E-state index contributed by atoms with van der Waals surface area (Å²) in [6.07, 6.45) is -1.40. The highest BCUT2D eigenvalue weighted by Crippen LogP contribution is 2.37. The van der Waals surface area contributed by atoms with E-state index in [2.05, 4.69) is 4.98 Å². The standard InChI is InChI=1S/C17H15F3N2/c18-17(19,20)14-10-16(15-8-4-5-9-21-15)22(12-14)11-13-6-2-1-3-7-13/h1-10,16H,11-12H2. The normalized spacial score (nSPS) is 19.2. The van der Waals surface area contributed by atoms with E-state index < -0.39 is 17.8 Å². The van der Waals surface area contributed by atoms with Gasteiger partial charge >= 0.3 is 6.18 Å². The molecule has 5 heteroatoms. The second-order valence-corrected chi connectivity index (χ2v) is 5.28. The van der Waals surface area contributed by atoms with Crippen molar-refractivity contribution in [1.82, 2.24) is 9.88 Å². The highest BCUT2D eigenvalue weighted by molar-refractivity contribution is 5.28. The first-order valence-corrected chi connectivity index (χ1v) is 7.01. The van der Waals surface area contributed by atoms with E-state index in [9.17, 15) is 13.2 Å². The van der Waals surface area contributed by atoms with Crippen LogP contribution in [0.15, 0.2) is 66.4 Å². The van der Waals surface area contributed by atoms with Gasteiger partial charge in [-0.25, -0.2) is 0 Å². The summed E-state index contributed by atoms with van der Waals surface area (Å²) >= 11 is 0. The Kier molecular flexibility index (Phi) is 3.98. The minimum Gasteiger partial charge on any atom is -0.283 e. The molecular weight excluding hydrogens is 289 g/mol. The predicted octanol–water partition coefficient (Wildman–Crippen LogP) is 4.13. The molecule has 22 heavy (non-hydrogen) atoms. The number of hydrogen-bond acceptors (Lipinski definition) is 2. The summed E-state index contributed by atoms with van der Waals surface area (Å²) in [6.45, 7) is 0.345. The summed E-state index contributed by atoms with van der Waals surface area (Å²) in [7, 11) is 0. The molecule has 1 unspecified atom stereocenters. The minimum absolute atomic E-state index is 0.111. The van der Waals surface area contributed by atoms with Crippen molar-refractivity contribution in [1.29, 1.82) is 0 Å². The molecule has 3 rings (SSSR count). The summed E-state index contributed by atoms with van der Waals surface area (Å²) in [4.78, 5) is 6.01. The van der Waals surface area contributed by atoms with Crippen LogP contribution in [0.3, 0.4) is 0 Å². The second kappa shape index (κ2) is 5.93. The van der Waals surface area contributed by atoms with E-state index in [-0.39, 0.29) is 6.54 Å². The summed E-state index contributed by atoms with van der Waals surface area (Å²) in [5.74, 6) is 0. The molecule has 1 aliphatic heterocycles. The lowest BCUT2D eigenvalue weighted by Crippen LogP contribution is -2.26. The number of benzene rings is 1. The van der Waals surface area contributed by atoms with Crippen molar-refractivity contribution in [2.75, 3.05) is 6.54 Å². The van der Waals surface area contributed by atoms with Crippen LogP contribution in [-0.4, -0.2) is 22.6 Å². The van der Waals surface area contributed by atoms with Gasteiger partial charge in [0.15, 0.2) is 0 Å². The van der Waals surface area contributed by atoms with E-state index in [1.54, 1.807) is 29.3 Å². The first-order chi connectivity index (χ1) is 10.5. The summed E-state index contributed by atoms with van der Waals surface area (Å²) < 4.78 is 39.1. The molecule has 0 N–H and O–H groups in total. The maximum atomic E-state index is 13.0. The van der Waals surface area contributed by atoms with E-state index in [1.165, 1.54) is 6.08 Å². The average molecular weight is 304 g/mol. The number of aromatic nitrogens is 1. The fourth-order valence-electron chi connectivity index (χ4n) is 2.65. The van der Waals surface area contributed by atoms with Gasteiger partial charge in [-0.15, -0.1) is 0 Å². The number of alkyl halides is 3. The third-order valence-corrected chi connectivity index (χ3v) is 3.71. The van der Waals surface area contributed by atoms with Gasteiger partial charge in [0.25, 0.3) is 0 Å². The Morgan fingerprint density at radius 2 is 1.77 bits per heavy atom. The quantitative estimate of drug-likeness (QED) is 0.793. The Bertz CT molecular complexity index is 651. The third-order valence-electron chi connectivity index (χ3n) is 3.71. The molecule has 0 saturated carbocycles. The van der Waals surface area contributed by atoms with Gasteiger partial charge in [-0.3, -0.25) is 9.88 Å². The van der Waals surface area contributed by atoms with Crippen LogP contribution in [0.2, 0.25) is 0 Å². The van der Waals surface area contributed by atoms with Crippen molar-refractivity contribution in [2.24, 2.45) is 0 Å². The van der Waals surface area contributed by atoms with E-state index in [1.807, 2.05) is 30.3 Å². The Morgan fingerprint density at radius 3 is 2.41 bits per heavy atom. The van der Waals surface area contributed by atoms with Gasteiger partial charge in [0.1, 0.15) is 0 Å². The monoisotopic (exact) mass is 304 g/mol. The van der Waals surface area contributed by atoms with Crippen molar-refractivity contribution in [3.8, 4) is 0 Å². The molecule has 1 atom stereocenters. The zero-order chi connectivity index (χ0) is 15.6. The lowest BCUT2D eigenvalue weighted by molar-refractivity contribution is -0.0937. The molecule has 2 heterocycles. The molecule has 114 valence electrons. The zero-order valence-electron chi connectivity index (χ0n) is 11.8. The maximum absolute atomic E-state index is 13.0. The Labute approximate surface area is 126 Å². The van der Waals surface area contributed by atoms with Gasteiger partial charge in [0.05, 0.1) is 11.7 Å². The van der Waals surface area contributed by atoms with Crippen LogP contribution in [0.4, 0.5) is 13.2 Å². The predicted molar refractivity (Wildman–Crippen MR) is 78.0 cm³/mol. The van der Waals surface area contributed by atoms with Crippen LogP contribution < -0.4 is 0 Å². The van der Waals surface area contributed by atoms with Crippen molar-refractivity contribution in [2.45, 2.75) is 18.8 Å². The first-order valence-electron chi connectivity index (χ1n) is 7.01. The Balaban J connectivity index is 1.88. The van der Waals surface area contributed by atoms with Gasteiger partial charge in [-0.1, -0.05) is 42.5 Å². The topological polar surface area (TPSA) is 16.1 Å². The fraction of sp³-hybridized carbons (Fsp3) is 0.235. The molecule has 0 radical (unpaired) electrons. The highest BCUT2D eigenvalue weighted by Gasteiger charge is 2.40. The summed E-state index contributed by atoms with van der Waals surface area (Å²) in [6, 6.07) is 14.4. The summed E-state index contributed by atoms with van der Waals surface area (Å²) in [5.41, 5.74) is 1.12. The van der Waals surface area contributed by atoms with Crippen LogP contribution >= 0.6 is 0 Å². The molecule has 0 aliphatic carbocycles. The van der Waals surface area contributed by atoms with E-state index in [0.29, 0.717) is 12.2 Å². The number of pyridine rings is 1. The number of hydrogen-bond donors (Lipinski definition) is 0. The van der Waals surface area contributed by atoms with Gasteiger partial charge in [0.2, 0.25) is 0 Å². The second-order valence-electron chi connectivity index (χ2n) is 5.28. The zero-order valence-corrected chi connectivity index (χ0v) is 11.8. The van der Waals surface area contributed by atoms with E-state index >= 15 is 0 Å². The van der Waals surface area contributed by atoms with Crippen molar-refractivity contribution in [3.05, 3.63) is 77.6 Å². The number of nitrogens with zero attached hydrogens (tertiary/aromatic N) is 2. The molecule has 1 aromatic carbocycles. The summed E-state index contributed by atoms with van der Waals surface area (Å²) in [5, 5.41) is 0. The van der Waals surface area contributed by atoms with Crippen molar-refractivity contribution in [3.63, 3.8) is 0 Å². The molecule has 0 fully saturated rings. The average Bonchev–Trinajstić information content (AvgIpc) is 2.93. The first kappa shape index (κ1) is 14.8.